The summed E-state index contributed by atoms with van der Waals surface area (Å²) >= 11 is 0. The maximum atomic E-state index is 6.74. The summed E-state index contributed by atoms with van der Waals surface area (Å²) < 4.78 is 48.1. The van der Waals surface area contributed by atoms with E-state index in [-0.39, 0.29) is 19.8 Å². The summed E-state index contributed by atoms with van der Waals surface area (Å²) in [6.45, 7) is 8.52. The van der Waals surface area contributed by atoms with Crippen LogP contribution in [0.4, 0.5) is 0 Å². The highest BCUT2D eigenvalue weighted by Gasteiger charge is 2.40. The largest absolute Gasteiger partial charge is 0.491 e. The van der Waals surface area contributed by atoms with E-state index in [1.54, 1.807) is 0 Å². The van der Waals surface area contributed by atoms with Crippen LogP contribution in [0.1, 0.15) is 74.1 Å². The van der Waals surface area contributed by atoms with Crippen LogP contribution in [-0.4, -0.2) is 79.3 Å². The molecule has 8 nitrogen and oxygen atoms in total. The predicted molar refractivity (Wildman–Crippen MR) is 243 cm³/mol. The fourth-order valence-corrected chi connectivity index (χ4v) is 8.36. The highest BCUT2D eigenvalue weighted by molar-refractivity contribution is 5.96. The van der Waals surface area contributed by atoms with E-state index >= 15 is 0 Å². The monoisotopic (exact) mass is 822 g/mol. The van der Waals surface area contributed by atoms with Crippen molar-refractivity contribution in [1.29, 1.82) is 0 Å². The molecule has 61 heavy (non-hydrogen) atoms. The molecule has 318 valence electrons. The van der Waals surface area contributed by atoms with E-state index in [4.69, 9.17) is 57.2 Å². The van der Waals surface area contributed by atoms with Crippen molar-refractivity contribution in [1.82, 2.24) is 0 Å². The second-order valence-electron chi connectivity index (χ2n) is 15.1. The standard InChI is InChI=1S/C53H58O8/c1-6-27-55-31-34-58-45-21-23-47-42(38-45)17-25-49(60-36-30-54-9-4)51(47)53(5,44-19-15-41(16-20-44)40-13-11-10-12-14-40)52-48-24-22-46(59-35-32-56-28-7-2)39-43(48)18-26-50(52)61-37-33-57-29-8-3/h1-3,15-26,38-40H,9-14,27-37H2,4-5H3. The molecule has 1 unspecified atom stereocenters. The van der Waals surface area contributed by atoms with E-state index < -0.39 is 5.41 Å². The summed E-state index contributed by atoms with van der Waals surface area (Å²) in [5.74, 6) is 11.0. The molecule has 1 aliphatic carbocycles. The number of ether oxygens (including phenoxy) is 8. The van der Waals surface area contributed by atoms with Crippen molar-refractivity contribution in [2.75, 3.05) is 79.3 Å². The molecule has 6 rings (SSSR count). The minimum Gasteiger partial charge on any atom is -0.491 e. The van der Waals surface area contributed by atoms with Crippen molar-refractivity contribution in [3.8, 4) is 60.0 Å². The van der Waals surface area contributed by atoms with Gasteiger partial charge in [-0.25, -0.2) is 0 Å². The van der Waals surface area contributed by atoms with E-state index in [0.717, 1.165) is 61.2 Å². The SMILES string of the molecule is C#CCOCCOc1ccc2c(C(C)(c3ccc(C4CCCCC4)cc3)c3c(OCCOCC#C)ccc4cc(OCCOCC#C)ccc34)c(OCCOCC)ccc2c1. The van der Waals surface area contributed by atoms with Gasteiger partial charge in [0.05, 0.1) is 31.8 Å². The van der Waals surface area contributed by atoms with E-state index in [9.17, 15) is 0 Å². The molecule has 0 amide bonds. The van der Waals surface area contributed by atoms with Crippen LogP contribution in [0.2, 0.25) is 0 Å². The molecule has 1 fully saturated rings. The Morgan fingerprint density at radius 3 is 1.44 bits per heavy atom. The molecule has 1 aliphatic rings. The molecule has 0 saturated heterocycles. The maximum absolute atomic E-state index is 6.74. The van der Waals surface area contributed by atoms with E-state index in [2.05, 4.69) is 91.4 Å². The van der Waals surface area contributed by atoms with E-state index in [1.807, 2.05) is 25.1 Å². The quantitative estimate of drug-likeness (QED) is 0.0346. The second kappa shape index (κ2) is 23.4. The zero-order valence-corrected chi connectivity index (χ0v) is 35.7. The normalized spacial score (nSPS) is 13.8. The molecular weight excluding hydrogens is 765 g/mol. The predicted octanol–water partition coefficient (Wildman–Crippen LogP) is 9.90. The lowest BCUT2D eigenvalue weighted by atomic mass is 9.67. The van der Waals surface area contributed by atoms with Crippen LogP contribution >= 0.6 is 0 Å². The Morgan fingerprint density at radius 2 is 0.984 bits per heavy atom. The average Bonchev–Trinajstić information content (AvgIpc) is 3.30. The highest BCUT2D eigenvalue weighted by Crippen LogP contribution is 2.52. The molecule has 5 aromatic carbocycles. The Morgan fingerprint density at radius 1 is 0.525 bits per heavy atom. The zero-order chi connectivity index (χ0) is 42.7. The summed E-state index contributed by atoms with van der Waals surface area (Å²) in [5.41, 5.74) is 3.58. The van der Waals surface area contributed by atoms with Gasteiger partial charge in [-0.05, 0) is 102 Å². The van der Waals surface area contributed by atoms with E-state index in [1.165, 1.54) is 37.7 Å². The van der Waals surface area contributed by atoms with Gasteiger partial charge in [0.25, 0.3) is 0 Å². The number of terminal acetylenes is 3. The third-order valence-electron chi connectivity index (χ3n) is 11.2. The first-order valence-electron chi connectivity index (χ1n) is 21.4. The third-order valence-corrected chi connectivity index (χ3v) is 11.2. The van der Waals surface area contributed by atoms with Crippen molar-refractivity contribution in [2.45, 2.75) is 57.3 Å². The van der Waals surface area contributed by atoms with Crippen molar-refractivity contribution in [2.24, 2.45) is 0 Å². The van der Waals surface area contributed by atoms with Gasteiger partial charge < -0.3 is 37.9 Å². The number of hydrogen-bond acceptors (Lipinski definition) is 8. The second-order valence-corrected chi connectivity index (χ2v) is 15.1. The molecule has 8 heteroatoms. The number of benzene rings is 5. The van der Waals surface area contributed by atoms with Gasteiger partial charge in [-0.1, -0.05) is 85.6 Å². The number of hydrogen-bond donors (Lipinski definition) is 0. The minimum absolute atomic E-state index is 0.206. The van der Waals surface area contributed by atoms with Crippen molar-refractivity contribution >= 4 is 21.5 Å². The topological polar surface area (TPSA) is 73.8 Å². The molecule has 0 aliphatic heterocycles. The van der Waals surface area contributed by atoms with Crippen molar-refractivity contribution in [3.63, 3.8) is 0 Å². The van der Waals surface area contributed by atoms with Crippen LogP contribution in [0.3, 0.4) is 0 Å². The van der Waals surface area contributed by atoms with Crippen LogP contribution < -0.4 is 18.9 Å². The van der Waals surface area contributed by atoms with Crippen LogP contribution in [0.25, 0.3) is 21.5 Å². The van der Waals surface area contributed by atoms with Crippen LogP contribution in [0.15, 0.2) is 84.9 Å². The van der Waals surface area contributed by atoms with Gasteiger partial charge in [0.15, 0.2) is 0 Å². The zero-order valence-electron chi connectivity index (χ0n) is 35.7. The lowest BCUT2D eigenvalue weighted by Gasteiger charge is -2.37. The van der Waals surface area contributed by atoms with Crippen molar-refractivity contribution in [3.05, 3.63) is 107 Å². The first kappa shape index (κ1) is 44.9. The Kier molecular flexibility index (Phi) is 17.2. The summed E-state index contributed by atoms with van der Waals surface area (Å²) in [4.78, 5) is 0. The lowest BCUT2D eigenvalue weighted by Crippen LogP contribution is -2.28. The minimum atomic E-state index is -0.850. The van der Waals surface area contributed by atoms with Gasteiger partial charge in [0, 0.05) is 17.7 Å². The fraction of sp³-hybridized carbons (Fsp3) is 0.396. The molecule has 0 aromatic heterocycles. The van der Waals surface area contributed by atoms with Gasteiger partial charge >= 0.3 is 0 Å². The first-order valence-corrected chi connectivity index (χ1v) is 21.4. The molecule has 0 spiro atoms. The summed E-state index contributed by atoms with van der Waals surface area (Å²) in [6.07, 6.45) is 22.5. The third kappa shape index (κ3) is 11.6. The Hall–Kier alpha value is -5.66. The molecule has 0 N–H and O–H groups in total. The Labute approximate surface area is 362 Å². The lowest BCUT2D eigenvalue weighted by molar-refractivity contribution is 0.109. The number of rotatable bonds is 24. The van der Waals surface area contributed by atoms with Gasteiger partial charge in [-0.15, -0.1) is 19.3 Å². The average molecular weight is 823 g/mol. The van der Waals surface area contributed by atoms with Crippen molar-refractivity contribution < 1.29 is 37.9 Å². The molecule has 1 saturated carbocycles. The van der Waals surface area contributed by atoms with Gasteiger partial charge in [-0.3, -0.25) is 0 Å². The van der Waals surface area contributed by atoms with E-state index in [0.29, 0.717) is 65.4 Å². The molecule has 0 bridgehead atoms. The first-order chi connectivity index (χ1) is 30.0. The smallest absolute Gasteiger partial charge is 0.124 e. The van der Waals surface area contributed by atoms with Gasteiger partial charge in [0.2, 0.25) is 0 Å². The van der Waals surface area contributed by atoms with Gasteiger partial charge in [0.1, 0.15) is 69.2 Å². The fourth-order valence-electron chi connectivity index (χ4n) is 8.36. The highest BCUT2D eigenvalue weighted by atomic mass is 16.5. The molecule has 5 aromatic rings. The molecular formula is C53H58O8. The summed E-state index contributed by atoms with van der Waals surface area (Å²) in [7, 11) is 0. The Balaban J connectivity index is 1.56. The van der Waals surface area contributed by atoms with Gasteiger partial charge in [-0.2, -0.15) is 0 Å². The molecule has 0 radical (unpaired) electrons. The maximum Gasteiger partial charge on any atom is 0.124 e. The summed E-state index contributed by atoms with van der Waals surface area (Å²) in [5, 5.41) is 3.99. The number of fused-ring (bicyclic) bond motifs is 2. The molecule has 1 atom stereocenters. The van der Waals surface area contributed by atoms with Crippen LogP contribution in [-0.2, 0) is 24.4 Å². The summed E-state index contributed by atoms with van der Waals surface area (Å²) in [6, 6.07) is 29.9. The van der Waals surface area contributed by atoms with Crippen LogP contribution in [0, 0.1) is 37.0 Å². The Bertz CT molecular complexity index is 2290. The van der Waals surface area contributed by atoms with Crippen LogP contribution in [0.5, 0.6) is 23.0 Å². The molecule has 0 heterocycles.